The van der Waals surface area contributed by atoms with Crippen molar-refractivity contribution in [1.29, 1.82) is 0 Å². The highest BCUT2D eigenvalue weighted by molar-refractivity contribution is 6.32. The quantitative estimate of drug-likeness (QED) is 0.302. The Morgan fingerprint density at radius 2 is 2.05 bits per heavy atom. The van der Waals surface area contributed by atoms with E-state index in [-0.39, 0.29) is 54.5 Å². The second kappa shape index (κ2) is 8.33. The summed E-state index contributed by atoms with van der Waals surface area (Å²) in [6, 6.07) is 2.96. The maximum absolute atomic E-state index is 14.9. The standard InChI is InChI=1S/C27H26ClFN2O6/c1-3-27(35)16-8-19-23-14(10-31(19)24(33)15(16)11-37-25(27)34)21-20-13(22(28)17(29)9-18(20)30-23)4-5-26(21,2)12-36-7-6-32/h8-9,32,35H,3-7,10-12H2,1-2H3/t26-,27+/m1/s1. The van der Waals surface area contributed by atoms with Crippen LogP contribution in [0.3, 0.4) is 0 Å². The maximum Gasteiger partial charge on any atom is 0.343 e. The molecule has 10 heteroatoms. The van der Waals surface area contributed by atoms with Crippen LogP contribution >= 0.6 is 11.6 Å². The largest absolute Gasteiger partial charge is 0.458 e. The minimum absolute atomic E-state index is 0.0400. The van der Waals surface area contributed by atoms with Gasteiger partial charge >= 0.3 is 5.97 Å². The van der Waals surface area contributed by atoms with E-state index in [1.165, 1.54) is 6.07 Å². The van der Waals surface area contributed by atoms with E-state index < -0.39 is 22.8 Å². The van der Waals surface area contributed by atoms with Gasteiger partial charge < -0.3 is 24.3 Å². The zero-order valence-electron chi connectivity index (χ0n) is 20.5. The Hall–Kier alpha value is -2.85. The van der Waals surface area contributed by atoms with Crippen LogP contribution in [0.25, 0.3) is 22.3 Å². The number of ether oxygens (including phenoxy) is 2. The molecule has 6 rings (SSSR count). The number of hydrogen-bond acceptors (Lipinski definition) is 7. The van der Waals surface area contributed by atoms with Gasteiger partial charge in [0.25, 0.3) is 5.56 Å². The summed E-state index contributed by atoms with van der Waals surface area (Å²) in [4.78, 5) is 30.9. The van der Waals surface area contributed by atoms with Crippen molar-refractivity contribution in [2.24, 2.45) is 0 Å². The highest BCUT2D eigenvalue weighted by Gasteiger charge is 2.46. The number of fused-ring (bicyclic) bond motifs is 5. The second-order valence-corrected chi connectivity index (χ2v) is 10.7. The summed E-state index contributed by atoms with van der Waals surface area (Å²) in [5, 5.41) is 21.2. The van der Waals surface area contributed by atoms with Gasteiger partial charge in [-0.05, 0) is 36.5 Å². The summed E-state index contributed by atoms with van der Waals surface area (Å²) in [5.41, 5.74) is 1.42. The number of halogens is 2. The molecule has 0 bridgehead atoms. The number of carbonyl (C=O) groups is 1. The number of aromatic nitrogens is 2. The van der Waals surface area contributed by atoms with Gasteiger partial charge in [0.05, 0.1) is 53.9 Å². The Labute approximate surface area is 216 Å². The van der Waals surface area contributed by atoms with E-state index >= 15 is 0 Å². The topological polar surface area (TPSA) is 111 Å². The molecular formula is C27H26ClFN2O6. The highest BCUT2D eigenvalue weighted by atomic mass is 35.5. The lowest BCUT2D eigenvalue weighted by Crippen LogP contribution is -2.44. The summed E-state index contributed by atoms with van der Waals surface area (Å²) >= 11 is 6.41. The van der Waals surface area contributed by atoms with Crippen LogP contribution in [0, 0.1) is 5.82 Å². The van der Waals surface area contributed by atoms with Gasteiger partial charge in [0.1, 0.15) is 12.4 Å². The lowest BCUT2D eigenvalue weighted by atomic mass is 9.70. The van der Waals surface area contributed by atoms with Gasteiger partial charge in [-0.3, -0.25) is 4.79 Å². The van der Waals surface area contributed by atoms with E-state index in [4.69, 9.17) is 26.1 Å². The first-order valence-electron chi connectivity index (χ1n) is 12.3. The van der Waals surface area contributed by atoms with Crippen molar-refractivity contribution in [3.8, 4) is 11.4 Å². The first kappa shape index (κ1) is 24.5. The Balaban J connectivity index is 1.66. The number of aliphatic hydroxyl groups is 2. The molecule has 2 N–H and O–H groups in total. The van der Waals surface area contributed by atoms with Crippen molar-refractivity contribution < 1.29 is 28.9 Å². The van der Waals surface area contributed by atoms with Crippen LogP contribution in [0.1, 0.15) is 54.5 Å². The zero-order valence-corrected chi connectivity index (χ0v) is 21.2. The lowest BCUT2D eigenvalue weighted by Gasteiger charge is -2.37. The summed E-state index contributed by atoms with van der Waals surface area (Å²) < 4.78 is 27.4. The van der Waals surface area contributed by atoms with Gasteiger partial charge in [-0.2, -0.15) is 0 Å². The minimum atomic E-state index is -1.93. The molecule has 1 aromatic carbocycles. The van der Waals surface area contributed by atoms with Crippen molar-refractivity contribution >= 4 is 28.5 Å². The highest BCUT2D eigenvalue weighted by Crippen LogP contribution is 2.49. The molecule has 0 saturated heterocycles. The predicted octanol–water partition coefficient (Wildman–Crippen LogP) is 3.08. The predicted molar refractivity (Wildman–Crippen MR) is 133 cm³/mol. The number of carbonyl (C=O) groups excluding carboxylic acids is 1. The maximum atomic E-state index is 14.9. The summed E-state index contributed by atoms with van der Waals surface area (Å²) in [5.74, 6) is -1.35. The van der Waals surface area contributed by atoms with Gasteiger partial charge in [0.15, 0.2) is 5.60 Å². The van der Waals surface area contributed by atoms with Crippen LogP contribution in [0.5, 0.6) is 0 Å². The molecule has 4 heterocycles. The molecule has 0 fully saturated rings. The number of aliphatic hydroxyl groups excluding tert-OH is 1. The normalized spacial score (nSPS) is 23.6. The number of aryl methyl sites for hydroxylation is 1. The van der Waals surface area contributed by atoms with E-state index in [9.17, 15) is 24.2 Å². The molecule has 2 aliphatic heterocycles. The zero-order chi connectivity index (χ0) is 26.3. The van der Waals surface area contributed by atoms with Crippen LogP contribution in [0.2, 0.25) is 5.02 Å². The van der Waals surface area contributed by atoms with Gasteiger partial charge in [-0.1, -0.05) is 25.4 Å². The van der Waals surface area contributed by atoms with E-state index in [0.717, 1.165) is 16.5 Å². The van der Waals surface area contributed by atoms with Crippen LogP contribution in [0.4, 0.5) is 4.39 Å². The molecule has 0 amide bonds. The molecule has 0 spiro atoms. The third kappa shape index (κ3) is 3.27. The van der Waals surface area contributed by atoms with Crippen molar-refractivity contribution in [2.45, 2.75) is 57.3 Å². The number of rotatable bonds is 5. The van der Waals surface area contributed by atoms with E-state index in [0.29, 0.717) is 41.9 Å². The molecule has 0 unspecified atom stereocenters. The van der Waals surface area contributed by atoms with Crippen molar-refractivity contribution in [3.05, 3.63) is 61.1 Å². The fourth-order valence-corrected chi connectivity index (χ4v) is 6.44. The molecule has 8 nitrogen and oxygen atoms in total. The molecule has 2 atom stereocenters. The van der Waals surface area contributed by atoms with Crippen molar-refractivity contribution in [3.63, 3.8) is 0 Å². The number of cyclic esters (lactones) is 1. The summed E-state index contributed by atoms with van der Waals surface area (Å²) in [6.07, 6.45) is 1.20. The fourth-order valence-electron chi connectivity index (χ4n) is 6.20. The average Bonchev–Trinajstić information content (AvgIpc) is 3.24. The summed E-state index contributed by atoms with van der Waals surface area (Å²) in [6.45, 7) is 4.09. The van der Waals surface area contributed by atoms with Crippen molar-refractivity contribution in [1.82, 2.24) is 9.55 Å². The Kier molecular flexibility index (Phi) is 5.51. The number of esters is 1. The fraction of sp³-hybridized carbons (Fsp3) is 0.444. The third-order valence-electron chi connectivity index (χ3n) is 8.15. The van der Waals surface area contributed by atoms with Crippen LogP contribution < -0.4 is 5.56 Å². The van der Waals surface area contributed by atoms with Crippen LogP contribution in [-0.2, 0) is 44.9 Å². The monoisotopic (exact) mass is 528 g/mol. The lowest BCUT2D eigenvalue weighted by molar-refractivity contribution is -0.172. The van der Waals surface area contributed by atoms with Crippen LogP contribution in [0.15, 0.2) is 16.9 Å². The number of benzene rings is 1. The Morgan fingerprint density at radius 3 is 2.78 bits per heavy atom. The summed E-state index contributed by atoms with van der Waals surface area (Å²) in [7, 11) is 0. The molecule has 1 aliphatic carbocycles. The first-order chi connectivity index (χ1) is 17.6. The SMILES string of the molecule is CC[C@@]1(O)C(=O)OCc2c1cc1n(c2=O)Cc2c-1nc1cc(F)c(Cl)c3c1c2[C@@](C)(COCCO)CC3. The Bertz CT molecular complexity index is 1570. The average molecular weight is 529 g/mol. The molecule has 0 saturated carbocycles. The van der Waals surface area contributed by atoms with Crippen LogP contribution in [-0.4, -0.2) is 45.6 Å². The molecule has 0 radical (unpaired) electrons. The Morgan fingerprint density at radius 1 is 1.27 bits per heavy atom. The molecule has 37 heavy (non-hydrogen) atoms. The number of hydrogen-bond donors (Lipinski definition) is 2. The molecule has 3 aromatic rings. The van der Waals surface area contributed by atoms with Gasteiger partial charge in [-0.25, -0.2) is 14.2 Å². The van der Waals surface area contributed by atoms with E-state index in [1.54, 1.807) is 17.6 Å². The van der Waals surface area contributed by atoms with E-state index in [2.05, 4.69) is 6.92 Å². The number of pyridine rings is 2. The molecule has 2 aromatic heterocycles. The minimum Gasteiger partial charge on any atom is -0.458 e. The third-order valence-corrected chi connectivity index (χ3v) is 8.56. The van der Waals surface area contributed by atoms with Crippen molar-refractivity contribution in [2.75, 3.05) is 19.8 Å². The first-order valence-corrected chi connectivity index (χ1v) is 12.7. The van der Waals surface area contributed by atoms with Gasteiger partial charge in [0, 0.05) is 28.0 Å². The van der Waals surface area contributed by atoms with E-state index in [1.807, 2.05) is 0 Å². The van der Waals surface area contributed by atoms with Gasteiger partial charge in [-0.15, -0.1) is 0 Å². The molecule has 194 valence electrons. The molecular weight excluding hydrogens is 503 g/mol. The smallest absolute Gasteiger partial charge is 0.343 e. The number of nitrogens with zero attached hydrogens (tertiary/aromatic N) is 2. The molecule has 3 aliphatic rings. The van der Waals surface area contributed by atoms with Gasteiger partial charge in [0.2, 0.25) is 0 Å². The second-order valence-electron chi connectivity index (χ2n) is 10.3.